The molecule has 0 radical (unpaired) electrons. The van der Waals surface area contributed by atoms with Gasteiger partial charge in [-0.3, -0.25) is 9.59 Å². The van der Waals surface area contributed by atoms with E-state index in [9.17, 15) is 19.5 Å². The molecule has 1 amide bonds. The Morgan fingerprint density at radius 1 is 1.03 bits per heavy atom. The number of esters is 2. The number of amides is 1. The van der Waals surface area contributed by atoms with E-state index >= 15 is 0 Å². The number of aliphatic hydroxyl groups is 1. The SMILES string of the molecule is COC(=O)CCc1ccccc1C[C@@H]1[C@H](C(=O)N[C@@H](CO)C(=O)OCc2ccccc2)[C@H]2CC[C@@H]1O2. The van der Waals surface area contributed by atoms with E-state index in [4.69, 9.17) is 14.2 Å². The molecule has 4 rings (SSSR count). The average Bonchev–Trinajstić information content (AvgIpc) is 3.52. The van der Waals surface area contributed by atoms with Gasteiger partial charge in [0.05, 0.1) is 31.8 Å². The molecular weight excluding hydrogens is 462 g/mol. The van der Waals surface area contributed by atoms with Crippen LogP contribution in [0.5, 0.6) is 0 Å². The van der Waals surface area contributed by atoms with Gasteiger partial charge in [0.2, 0.25) is 5.91 Å². The molecule has 0 spiro atoms. The highest BCUT2D eigenvalue weighted by Crippen LogP contribution is 2.45. The van der Waals surface area contributed by atoms with E-state index in [1.54, 1.807) is 0 Å². The molecule has 192 valence electrons. The summed E-state index contributed by atoms with van der Waals surface area (Å²) < 4.78 is 16.2. The quantitative estimate of drug-likeness (QED) is 0.461. The molecule has 2 aromatic rings. The van der Waals surface area contributed by atoms with Crippen molar-refractivity contribution in [1.29, 1.82) is 0 Å². The Bertz CT molecular complexity index is 1060. The number of fused-ring (bicyclic) bond motifs is 2. The van der Waals surface area contributed by atoms with E-state index in [1.807, 2.05) is 54.6 Å². The number of benzene rings is 2. The van der Waals surface area contributed by atoms with Crippen molar-refractivity contribution in [3.05, 3.63) is 71.3 Å². The molecule has 0 saturated carbocycles. The zero-order valence-corrected chi connectivity index (χ0v) is 20.4. The van der Waals surface area contributed by atoms with Crippen LogP contribution in [0.2, 0.25) is 0 Å². The number of methoxy groups -OCH3 is 1. The molecule has 2 heterocycles. The first-order chi connectivity index (χ1) is 17.5. The molecule has 8 nitrogen and oxygen atoms in total. The lowest BCUT2D eigenvalue weighted by atomic mass is 9.75. The third-order valence-electron chi connectivity index (χ3n) is 7.14. The van der Waals surface area contributed by atoms with Crippen LogP contribution in [0.15, 0.2) is 54.6 Å². The van der Waals surface area contributed by atoms with Crippen molar-refractivity contribution in [1.82, 2.24) is 5.32 Å². The Hall–Kier alpha value is -3.23. The van der Waals surface area contributed by atoms with E-state index in [2.05, 4.69) is 5.32 Å². The Morgan fingerprint density at radius 2 is 1.72 bits per heavy atom. The number of nitrogens with one attached hydrogen (secondary N) is 1. The smallest absolute Gasteiger partial charge is 0.331 e. The van der Waals surface area contributed by atoms with Crippen molar-refractivity contribution in [2.75, 3.05) is 13.7 Å². The van der Waals surface area contributed by atoms with Crippen molar-refractivity contribution in [3.63, 3.8) is 0 Å². The molecule has 2 aliphatic rings. The minimum Gasteiger partial charge on any atom is -0.469 e. The van der Waals surface area contributed by atoms with Gasteiger partial charge in [-0.25, -0.2) is 4.79 Å². The van der Waals surface area contributed by atoms with Crippen molar-refractivity contribution in [3.8, 4) is 0 Å². The summed E-state index contributed by atoms with van der Waals surface area (Å²) in [6.07, 6.45) is 2.87. The van der Waals surface area contributed by atoms with Gasteiger partial charge in [-0.1, -0.05) is 54.6 Å². The van der Waals surface area contributed by atoms with Gasteiger partial charge in [0, 0.05) is 12.3 Å². The second kappa shape index (κ2) is 12.1. The maximum atomic E-state index is 13.4. The number of aliphatic hydroxyl groups excluding tert-OH is 1. The molecule has 2 bridgehead atoms. The van der Waals surface area contributed by atoms with Crippen LogP contribution < -0.4 is 5.32 Å². The fourth-order valence-corrected chi connectivity index (χ4v) is 5.27. The summed E-state index contributed by atoms with van der Waals surface area (Å²) in [6, 6.07) is 16.0. The van der Waals surface area contributed by atoms with Crippen LogP contribution in [-0.4, -0.2) is 54.9 Å². The second-order valence-electron chi connectivity index (χ2n) is 9.37. The highest BCUT2D eigenvalue weighted by molar-refractivity contribution is 5.86. The molecule has 2 N–H and O–H groups in total. The lowest BCUT2D eigenvalue weighted by Gasteiger charge is -2.29. The Kier molecular flexibility index (Phi) is 8.72. The molecule has 2 fully saturated rings. The van der Waals surface area contributed by atoms with Crippen molar-refractivity contribution < 1.29 is 33.7 Å². The number of rotatable bonds is 11. The summed E-state index contributed by atoms with van der Waals surface area (Å²) in [7, 11) is 1.38. The lowest BCUT2D eigenvalue weighted by Crippen LogP contribution is -2.50. The molecule has 8 heteroatoms. The average molecular weight is 496 g/mol. The third kappa shape index (κ3) is 6.12. The molecule has 0 aromatic heterocycles. The number of carbonyl (C=O) groups excluding carboxylic acids is 3. The number of hydrogen-bond acceptors (Lipinski definition) is 7. The first kappa shape index (κ1) is 25.9. The number of ether oxygens (including phenoxy) is 3. The first-order valence-electron chi connectivity index (χ1n) is 12.4. The van der Waals surface area contributed by atoms with Crippen LogP contribution in [0.25, 0.3) is 0 Å². The van der Waals surface area contributed by atoms with E-state index in [0.717, 1.165) is 29.5 Å². The van der Waals surface area contributed by atoms with E-state index < -0.39 is 24.5 Å². The molecule has 2 saturated heterocycles. The second-order valence-corrected chi connectivity index (χ2v) is 9.37. The lowest BCUT2D eigenvalue weighted by molar-refractivity contribution is -0.151. The van der Waals surface area contributed by atoms with E-state index in [-0.39, 0.29) is 43.0 Å². The maximum Gasteiger partial charge on any atom is 0.331 e. The fourth-order valence-electron chi connectivity index (χ4n) is 5.27. The first-order valence-corrected chi connectivity index (χ1v) is 12.4. The summed E-state index contributed by atoms with van der Waals surface area (Å²) >= 11 is 0. The van der Waals surface area contributed by atoms with Gasteiger partial charge in [0.1, 0.15) is 6.61 Å². The molecule has 5 atom stereocenters. The van der Waals surface area contributed by atoms with E-state index in [0.29, 0.717) is 12.8 Å². The Labute approximate surface area is 210 Å². The Morgan fingerprint density at radius 3 is 2.44 bits per heavy atom. The highest BCUT2D eigenvalue weighted by atomic mass is 16.5. The number of aryl methyl sites for hydroxylation is 1. The largest absolute Gasteiger partial charge is 0.469 e. The summed E-state index contributed by atoms with van der Waals surface area (Å²) in [5.41, 5.74) is 2.94. The monoisotopic (exact) mass is 495 g/mol. The van der Waals surface area contributed by atoms with Crippen molar-refractivity contribution in [2.45, 2.75) is 57.0 Å². The van der Waals surface area contributed by atoms with Crippen LogP contribution in [0, 0.1) is 11.8 Å². The van der Waals surface area contributed by atoms with Gasteiger partial charge in [-0.15, -0.1) is 0 Å². The van der Waals surface area contributed by atoms with Crippen molar-refractivity contribution in [2.24, 2.45) is 11.8 Å². The third-order valence-corrected chi connectivity index (χ3v) is 7.14. The minimum absolute atomic E-state index is 0.0444. The zero-order chi connectivity index (χ0) is 25.5. The topological polar surface area (TPSA) is 111 Å². The zero-order valence-electron chi connectivity index (χ0n) is 20.4. The fraction of sp³-hybridized carbons (Fsp3) is 0.464. The number of hydrogen-bond donors (Lipinski definition) is 2. The predicted octanol–water partition coefficient (Wildman–Crippen LogP) is 2.35. The van der Waals surface area contributed by atoms with Crippen LogP contribution in [0.4, 0.5) is 0 Å². The van der Waals surface area contributed by atoms with Crippen molar-refractivity contribution >= 4 is 17.8 Å². The molecule has 2 aliphatic heterocycles. The van der Waals surface area contributed by atoms with Gasteiger partial charge in [-0.05, 0) is 42.4 Å². The summed E-state index contributed by atoms with van der Waals surface area (Å²) in [5.74, 6) is -1.76. The molecule has 0 aliphatic carbocycles. The predicted molar refractivity (Wildman–Crippen MR) is 131 cm³/mol. The van der Waals surface area contributed by atoms with E-state index in [1.165, 1.54) is 7.11 Å². The summed E-state index contributed by atoms with van der Waals surface area (Å²) in [4.78, 5) is 37.6. The van der Waals surface area contributed by atoms with Gasteiger partial charge >= 0.3 is 11.9 Å². The van der Waals surface area contributed by atoms with Gasteiger partial charge in [0.25, 0.3) is 0 Å². The standard InChI is InChI=1S/C28H33NO7/c1-34-25(31)14-11-19-9-5-6-10-20(19)15-21-23-12-13-24(36-23)26(21)27(32)29-22(16-30)28(33)35-17-18-7-3-2-4-8-18/h2-10,21-24,26,30H,11-17H2,1H3,(H,29,32)/t21-,22-,23-,24+,26-/m0/s1. The molecule has 2 aromatic carbocycles. The van der Waals surface area contributed by atoms with Crippen LogP contribution >= 0.6 is 0 Å². The van der Waals surface area contributed by atoms with Gasteiger partial charge < -0.3 is 24.6 Å². The van der Waals surface area contributed by atoms with Gasteiger partial charge in [0.15, 0.2) is 6.04 Å². The molecular formula is C28H33NO7. The van der Waals surface area contributed by atoms with Crippen LogP contribution in [-0.2, 0) is 48.0 Å². The Balaban J connectivity index is 1.41. The van der Waals surface area contributed by atoms with Gasteiger partial charge in [-0.2, -0.15) is 0 Å². The van der Waals surface area contributed by atoms with Crippen LogP contribution in [0.3, 0.4) is 0 Å². The number of carbonyl (C=O) groups is 3. The van der Waals surface area contributed by atoms with Crippen LogP contribution in [0.1, 0.15) is 36.0 Å². The summed E-state index contributed by atoms with van der Waals surface area (Å²) in [6.45, 7) is -0.490. The maximum absolute atomic E-state index is 13.4. The molecule has 0 unspecified atom stereocenters. The molecule has 36 heavy (non-hydrogen) atoms. The highest BCUT2D eigenvalue weighted by Gasteiger charge is 2.52. The summed E-state index contributed by atoms with van der Waals surface area (Å²) in [5, 5.41) is 12.5. The normalized spacial score (nSPS) is 23.2. The minimum atomic E-state index is -1.15.